The predicted molar refractivity (Wildman–Crippen MR) is 89.7 cm³/mol. The molecule has 110 valence electrons. The summed E-state index contributed by atoms with van der Waals surface area (Å²) in [6.45, 7) is 2.17. The molecule has 2 aromatic carbocycles. The maximum absolute atomic E-state index is 6.29. The van der Waals surface area contributed by atoms with E-state index in [2.05, 4.69) is 49.4 Å². The summed E-state index contributed by atoms with van der Waals surface area (Å²) in [5.74, 6) is 1.91. The van der Waals surface area contributed by atoms with E-state index in [4.69, 9.17) is 9.72 Å². The number of nitrogens with zero attached hydrogens (tertiary/aromatic N) is 1. The molecule has 1 heterocycles. The summed E-state index contributed by atoms with van der Waals surface area (Å²) in [6.07, 6.45) is 4.35. The van der Waals surface area contributed by atoms with Gasteiger partial charge in [-0.05, 0) is 55.5 Å². The molecule has 22 heavy (non-hydrogen) atoms. The number of benzene rings is 2. The number of ether oxygens (including phenoxy) is 1. The lowest BCUT2D eigenvalue weighted by Gasteiger charge is -2.14. The summed E-state index contributed by atoms with van der Waals surface area (Å²) in [5, 5.41) is 1.11. The second kappa shape index (κ2) is 5.45. The van der Waals surface area contributed by atoms with E-state index in [-0.39, 0.29) is 0 Å². The molecule has 0 amide bonds. The van der Waals surface area contributed by atoms with Gasteiger partial charge in [-0.2, -0.15) is 0 Å². The van der Waals surface area contributed by atoms with Gasteiger partial charge in [-0.3, -0.25) is 4.98 Å². The highest BCUT2D eigenvalue weighted by atomic mass is 16.5. The number of rotatable bonds is 3. The zero-order chi connectivity index (χ0) is 14.9. The SMILES string of the molecule is CCc1ccc(Oc2c3c(nc4ccccc24)CCC3)cc1. The number of aryl methyl sites for hydroxylation is 2. The minimum Gasteiger partial charge on any atom is -0.456 e. The van der Waals surface area contributed by atoms with Crippen molar-refractivity contribution >= 4 is 10.9 Å². The maximum atomic E-state index is 6.29. The average molecular weight is 289 g/mol. The Labute approximate surface area is 130 Å². The molecule has 0 radical (unpaired) electrons. The van der Waals surface area contributed by atoms with Gasteiger partial charge in [0, 0.05) is 16.6 Å². The van der Waals surface area contributed by atoms with E-state index in [0.717, 1.165) is 41.7 Å². The lowest BCUT2D eigenvalue weighted by Crippen LogP contribution is -1.96. The lowest BCUT2D eigenvalue weighted by molar-refractivity contribution is 0.482. The number of aromatic nitrogens is 1. The molecule has 0 spiro atoms. The van der Waals surface area contributed by atoms with Crippen LogP contribution in [-0.4, -0.2) is 4.98 Å². The van der Waals surface area contributed by atoms with Crippen molar-refractivity contribution in [3.05, 3.63) is 65.4 Å². The molecule has 0 bridgehead atoms. The van der Waals surface area contributed by atoms with Gasteiger partial charge in [0.1, 0.15) is 11.5 Å². The normalized spacial score (nSPS) is 13.3. The summed E-state index contributed by atoms with van der Waals surface area (Å²) >= 11 is 0. The summed E-state index contributed by atoms with van der Waals surface area (Å²) in [6, 6.07) is 16.7. The highest BCUT2D eigenvalue weighted by molar-refractivity contribution is 5.87. The largest absolute Gasteiger partial charge is 0.456 e. The van der Waals surface area contributed by atoms with Crippen LogP contribution in [0.1, 0.15) is 30.2 Å². The van der Waals surface area contributed by atoms with Crippen LogP contribution in [-0.2, 0) is 19.3 Å². The Morgan fingerprint density at radius 3 is 2.64 bits per heavy atom. The third-order valence-electron chi connectivity index (χ3n) is 4.42. The first-order valence-electron chi connectivity index (χ1n) is 8.02. The van der Waals surface area contributed by atoms with Crippen LogP contribution in [0.15, 0.2) is 48.5 Å². The molecule has 0 saturated carbocycles. The first-order chi connectivity index (χ1) is 10.8. The summed E-state index contributed by atoms with van der Waals surface area (Å²) in [4.78, 5) is 4.81. The van der Waals surface area contributed by atoms with Crippen LogP contribution in [0.5, 0.6) is 11.5 Å². The standard InChI is InChI=1S/C20H19NO/c1-2-14-10-12-15(13-11-14)22-20-16-6-3-4-8-18(16)21-19-9-5-7-17(19)20/h3-4,6,8,10-13H,2,5,7,9H2,1H3. The number of hydrogen-bond acceptors (Lipinski definition) is 2. The van der Waals surface area contributed by atoms with Gasteiger partial charge in [0.2, 0.25) is 0 Å². The summed E-state index contributed by atoms with van der Waals surface area (Å²) in [7, 11) is 0. The van der Waals surface area contributed by atoms with Crippen LogP contribution in [0.4, 0.5) is 0 Å². The van der Waals surface area contributed by atoms with E-state index < -0.39 is 0 Å². The van der Waals surface area contributed by atoms with E-state index in [1.54, 1.807) is 0 Å². The lowest BCUT2D eigenvalue weighted by atomic mass is 10.1. The van der Waals surface area contributed by atoms with Gasteiger partial charge in [0.05, 0.1) is 5.52 Å². The number of hydrogen-bond donors (Lipinski definition) is 0. The van der Waals surface area contributed by atoms with Crippen molar-refractivity contribution in [2.45, 2.75) is 32.6 Å². The van der Waals surface area contributed by atoms with Gasteiger partial charge in [0.15, 0.2) is 0 Å². The quantitative estimate of drug-likeness (QED) is 0.671. The Morgan fingerprint density at radius 1 is 1.00 bits per heavy atom. The van der Waals surface area contributed by atoms with Crippen molar-refractivity contribution in [3.8, 4) is 11.5 Å². The Hall–Kier alpha value is -2.35. The minimum absolute atomic E-state index is 0.905. The van der Waals surface area contributed by atoms with Crippen molar-refractivity contribution < 1.29 is 4.74 Å². The fourth-order valence-corrected chi connectivity index (χ4v) is 3.19. The van der Waals surface area contributed by atoms with Crippen LogP contribution in [0.25, 0.3) is 10.9 Å². The van der Waals surface area contributed by atoms with Crippen molar-refractivity contribution in [2.75, 3.05) is 0 Å². The highest BCUT2D eigenvalue weighted by Gasteiger charge is 2.20. The van der Waals surface area contributed by atoms with Gasteiger partial charge < -0.3 is 4.74 Å². The fraction of sp³-hybridized carbons (Fsp3) is 0.250. The van der Waals surface area contributed by atoms with E-state index in [1.807, 2.05) is 6.07 Å². The summed E-state index contributed by atoms with van der Waals surface area (Å²) in [5.41, 5.74) is 4.86. The molecule has 4 rings (SSSR count). The molecule has 0 fully saturated rings. The maximum Gasteiger partial charge on any atom is 0.141 e. The van der Waals surface area contributed by atoms with Crippen molar-refractivity contribution in [2.24, 2.45) is 0 Å². The number of pyridine rings is 1. The Kier molecular flexibility index (Phi) is 3.30. The first-order valence-corrected chi connectivity index (χ1v) is 8.02. The molecule has 1 aliphatic carbocycles. The zero-order valence-electron chi connectivity index (χ0n) is 12.8. The van der Waals surface area contributed by atoms with Crippen LogP contribution >= 0.6 is 0 Å². The zero-order valence-corrected chi connectivity index (χ0v) is 12.8. The first kappa shape index (κ1) is 13.3. The Balaban J connectivity index is 1.82. The van der Waals surface area contributed by atoms with Gasteiger partial charge >= 0.3 is 0 Å². The molecule has 3 aromatic rings. The van der Waals surface area contributed by atoms with E-state index >= 15 is 0 Å². The second-order valence-corrected chi connectivity index (χ2v) is 5.84. The monoisotopic (exact) mass is 289 g/mol. The van der Waals surface area contributed by atoms with E-state index in [9.17, 15) is 0 Å². The average Bonchev–Trinajstić information content (AvgIpc) is 3.03. The topological polar surface area (TPSA) is 22.1 Å². The molecular weight excluding hydrogens is 270 g/mol. The molecule has 2 nitrogen and oxygen atoms in total. The summed E-state index contributed by atoms with van der Waals surface area (Å²) < 4.78 is 6.29. The molecule has 1 aromatic heterocycles. The molecule has 0 saturated heterocycles. The Morgan fingerprint density at radius 2 is 1.82 bits per heavy atom. The van der Waals surface area contributed by atoms with Crippen LogP contribution in [0.2, 0.25) is 0 Å². The smallest absolute Gasteiger partial charge is 0.141 e. The number of fused-ring (bicyclic) bond motifs is 2. The molecule has 1 aliphatic rings. The van der Waals surface area contributed by atoms with E-state index in [0.29, 0.717) is 0 Å². The van der Waals surface area contributed by atoms with E-state index in [1.165, 1.54) is 23.2 Å². The van der Waals surface area contributed by atoms with Crippen molar-refractivity contribution in [1.82, 2.24) is 4.98 Å². The van der Waals surface area contributed by atoms with Crippen LogP contribution in [0.3, 0.4) is 0 Å². The predicted octanol–water partition coefficient (Wildman–Crippen LogP) is 5.08. The van der Waals surface area contributed by atoms with Gasteiger partial charge in [0.25, 0.3) is 0 Å². The minimum atomic E-state index is 0.905. The third kappa shape index (κ3) is 2.25. The third-order valence-corrected chi connectivity index (χ3v) is 4.42. The van der Waals surface area contributed by atoms with Crippen molar-refractivity contribution in [3.63, 3.8) is 0 Å². The molecule has 0 atom stereocenters. The molecular formula is C20H19NO. The molecule has 0 aliphatic heterocycles. The molecule has 0 unspecified atom stereocenters. The Bertz CT molecular complexity index is 821. The van der Waals surface area contributed by atoms with Crippen molar-refractivity contribution in [1.29, 1.82) is 0 Å². The molecule has 2 heteroatoms. The fourth-order valence-electron chi connectivity index (χ4n) is 3.19. The van der Waals surface area contributed by atoms with Gasteiger partial charge in [-0.15, -0.1) is 0 Å². The highest BCUT2D eigenvalue weighted by Crippen LogP contribution is 2.38. The van der Waals surface area contributed by atoms with Gasteiger partial charge in [-0.1, -0.05) is 31.2 Å². The number of para-hydroxylation sites is 1. The van der Waals surface area contributed by atoms with Gasteiger partial charge in [-0.25, -0.2) is 0 Å². The molecule has 0 N–H and O–H groups in total. The van der Waals surface area contributed by atoms with Crippen LogP contribution < -0.4 is 4.74 Å². The second-order valence-electron chi connectivity index (χ2n) is 5.84. The van der Waals surface area contributed by atoms with Crippen LogP contribution in [0, 0.1) is 0 Å².